The second-order valence-corrected chi connectivity index (χ2v) is 16.8. The van der Waals surface area contributed by atoms with Gasteiger partial charge in [-0.3, -0.25) is 23.2 Å². The monoisotopic (exact) mass is 864 g/mol. The first-order valence-electron chi connectivity index (χ1n) is 21.1. The highest BCUT2D eigenvalue weighted by Gasteiger charge is 2.28. The Hall–Kier alpha value is -2.22. The lowest BCUT2D eigenvalue weighted by Gasteiger charge is -2.20. The number of esters is 2. The fraction of sp³-hybridized carbons (Fsp3) is 0.714. The van der Waals surface area contributed by atoms with Gasteiger partial charge in [0.15, 0.2) is 6.10 Å². The van der Waals surface area contributed by atoms with Crippen LogP contribution in [0.2, 0.25) is 0 Å². The van der Waals surface area contributed by atoms with Crippen LogP contribution in [0.3, 0.4) is 0 Å². The van der Waals surface area contributed by atoms with E-state index in [4.69, 9.17) is 23.8 Å². The molecule has 0 aromatic heterocycles. The number of carbonyl (C=O) groups is 2. The molecule has 5 N–H and O–H groups in total. The van der Waals surface area contributed by atoms with Crippen LogP contribution < -0.4 is 0 Å². The zero-order valence-corrected chi connectivity index (χ0v) is 36.8. The van der Waals surface area contributed by atoms with Gasteiger partial charge in [-0.2, -0.15) is 0 Å². The van der Waals surface area contributed by atoms with Crippen molar-refractivity contribution in [2.24, 2.45) is 0 Å². The van der Waals surface area contributed by atoms with E-state index < -0.39 is 72.3 Å². The van der Waals surface area contributed by atoms with Crippen molar-refractivity contribution in [1.82, 2.24) is 0 Å². The number of hydrogen-bond acceptors (Lipinski definition) is 11. The van der Waals surface area contributed by atoms with Crippen molar-refractivity contribution in [3.63, 3.8) is 0 Å². The number of phosphoric acid groups is 2. The number of allylic oxidation sites excluding steroid dienone is 8. The van der Waals surface area contributed by atoms with Crippen LogP contribution in [0.5, 0.6) is 0 Å². The fourth-order valence-electron chi connectivity index (χ4n) is 5.18. The van der Waals surface area contributed by atoms with Gasteiger partial charge in [-0.05, 0) is 70.6 Å². The van der Waals surface area contributed by atoms with Crippen molar-refractivity contribution in [3.05, 3.63) is 60.8 Å². The molecule has 0 saturated carbocycles. The Labute approximate surface area is 347 Å². The van der Waals surface area contributed by atoms with E-state index in [0.29, 0.717) is 32.1 Å². The molecule has 0 fully saturated rings. The molecule has 0 aliphatic carbocycles. The molecule has 0 aliphatic rings. The van der Waals surface area contributed by atoms with E-state index in [0.717, 1.165) is 44.9 Å². The third kappa shape index (κ3) is 40.6. The first kappa shape index (κ1) is 55.8. The van der Waals surface area contributed by atoms with Gasteiger partial charge in [0.05, 0.1) is 25.9 Å². The van der Waals surface area contributed by atoms with E-state index in [9.17, 15) is 33.8 Å². The molecule has 0 rings (SSSR count). The molecule has 16 heteroatoms. The smallest absolute Gasteiger partial charge is 0.462 e. The minimum absolute atomic E-state index is 0.0816. The summed E-state index contributed by atoms with van der Waals surface area (Å²) in [4.78, 5) is 52.6. The Morgan fingerprint density at radius 2 is 1.10 bits per heavy atom. The first-order chi connectivity index (χ1) is 27.8. The summed E-state index contributed by atoms with van der Waals surface area (Å²) in [6.07, 6.45) is 35.3. The third-order valence-electron chi connectivity index (χ3n) is 8.45. The molecule has 0 amide bonds. The predicted molar refractivity (Wildman–Crippen MR) is 227 cm³/mol. The minimum Gasteiger partial charge on any atom is -0.462 e. The summed E-state index contributed by atoms with van der Waals surface area (Å²) in [5.41, 5.74) is 0. The van der Waals surface area contributed by atoms with Gasteiger partial charge >= 0.3 is 27.6 Å². The molecule has 14 nitrogen and oxygen atoms in total. The van der Waals surface area contributed by atoms with Crippen LogP contribution in [0.4, 0.5) is 0 Å². The van der Waals surface area contributed by atoms with Crippen LogP contribution in [0.25, 0.3) is 0 Å². The van der Waals surface area contributed by atoms with E-state index in [1.54, 1.807) is 6.08 Å². The SMILES string of the molecule is CCCCC/C=C\C=C/[C@@H](O)C/C=C\C/C=C/CCCC(=O)OC[C@H](COP(=O)(O)OC[C@@H](O)COP(=O)(O)O)OC(=O)CCCCCCC/C=C\CCCCCC. The lowest BCUT2D eigenvalue weighted by molar-refractivity contribution is -0.161. The van der Waals surface area contributed by atoms with Crippen molar-refractivity contribution in [2.45, 2.75) is 167 Å². The Morgan fingerprint density at radius 1 is 0.569 bits per heavy atom. The summed E-state index contributed by atoms with van der Waals surface area (Å²) in [5.74, 6) is -1.15. The standard InChI is InChI=1S/C42H74O14P2/c1-3-5-7-9-11-12-13-14-15-16-20-25-29-33-42(46)56-40(37-55-58(50,51)54-35-39(44)34-53-57(47,48)49)36-52-41(45)32-28-24-21-17-19-23-27-31-38(43)30-26-22-18-10-8-6-4-2/h12-13,17-18,21-23,26-27,30,38-40,43-44H,3-11,14-16,19-20,24-25,28-29,31-37H2,1-2H3,(H,50,51)(H2,47,48,49)/b13-12-,21-17+,22-18-,27-23-,30-26-/t38-,39+,40-/m1/s1. The van der Waals surface area contributed by atoms with Crippen molar-refractivity contribution in [3.8, 4) is 0 Å². The molecular weight excluding hydrogens is 790 g/mol. The number of aliphatic hydroxyl groups excluding tert-OH is 2. The van der Waals surface area contributed by atoms with Crippen LogP contribution >= 0.6 is 15.6 Å². The Morgan fingerprint density at radius 3 is 1.81 bits per heavy atom. The average molecular weight is 865 g/mol. The zero-order chi connectivity index (χ0) is 43.2. The van der Waals surface area contributed by atoms with Crippen LogP contribution in [0.15, 0.2) is 60.8 Å². The third-order valence-corrected chi connectivity index (χ3v) is 9.89. The molecule has 0 radical (unpaired) electrons. The summed E-state index contributed by atoms with van der Waals surface area (Å²) in [7, 11) is -9.71. The Bertz CT molecular complexity index is 1280. The maximum absolute atomic E-state index is 12.6. The number of carbonyl (C=O) groups excluding carboxylic acids is 2. The van der Waals surface area contributed by atoms with E-state index >= 15 is 0 Å². The zero-order valence-electron chi connectivity index (χ0n) is 35.0. The van der Waals surface area contributed by atoms with Gasteiger partial charge in [-0.25, -0.2) is 9.13 Å². The summed E-state index contributed by atoms with van der Waals surface area (Å²) in [5, 5.41) is 19.8. The molecule has 0 spiro atoms. The van der Waals surface area contributed by atoms with E-state index in [-0.39, 0.29) is 12.8 Å². The number of ether oxygens (including phenoxy) is 2. The molecule has 0 bridgehead atoms. The highest BCUT2D eigenvalue weighted by Crippen LogP contribution is 2.43. The van der Waals surface area contributed by atoms with Crippen molar-refractivity contribution in [1.29, 1.82) is 0 Å². The summed E-state index contributed by atoms with van der Waals surface area (Å²) in [6, 6.07) is 0. The van der Waals surface area contributed by atoms with Crippen LogP contribution in [-0.4, -0.2) is 81.6 Å². The molecule has 0 aromatic rings. The van der Waals surface area contributed by atoms with Gasteiger partial charge < -0.3 is 34.4 Å². The van der Waals surface area contributed by atoms with Crippen molar-refractivity contribution in [2.75, 3.05) is 26.4 Å². The number of rotatable bonds is 39. The first-order valence-corrected chi connectivity index (χ1v) is 24.1. The van der Waals surface area contributed by atoms with Gasteiger partial charge in [-0.15, -0.1) is 0 Å². The number of aliphatic hydroxyl groups is 2. The molecule has 0 aliphatic heterocycles. The van der Waals surface area contributed by atoms with Gasteiger partial charge in [0.25, 0.3) is 0 Å². The maximum atomic E-state index is 12.6. The van der Waals surface area contributed by atoms with Crippen molar-refractivity contribution < 1.29 is 66.7 Å². The minimum atomic E-state index is -4.88. The van der Waals surface area contributed by atoms with Crippen LogP contribution in [0.1, 0.15) is 149 Å². The second kappa shape index (κ2) is 37.8. The normalized spacial score (nSPS) is 15.2. The Balaban J connectivity index is 4.70. The molecule has 336 valence electrons. The summed E-state index contributed by atoms with van der Waals surface area (Å²) in [6.45, 7) is 1.54. The number of phosphoric ester groups is 2. The lowest BCUT2D eigenvalue weighted by atomic mass is 10.1. The average Bonchev–Trinajstić information content (AvgIpc) is 3.17. The van der Waals surface area contributed by atoms with Gasteiger partial charge in [0, 0.05) is 12.8 Å². The van der Waals surface area contributed by atoms with Crippen molar-refractivity contribution >= 4 is 27.6 Å². The predicted octanol–water partition coefficient (Wildman–Crippen LogP) is 9.42. The summed E-state index contributed by atoms with van der Waals surface area (Å²) >= 11 is 0. The number of unbranched alkanes of at least 4 members (excludes halogenated alkanes) is 13. The number of hydrogen-bond donors (Lipinski definition) is 5. The van der Waals surface area contributed by atoms with E-state index in [1.807, 2.05) is 36.5 Å². The largest absolute Gasteiger partial charge is 0.472 e. The quantitative estimate of drug-likeness (QED) is 0.0128. The molecule has 0 saturated heterocycles. The molecule has 4 atom stereocenters. The fourth-order valence-corrected chi connectivity index (χ4v) is 6.33. The van der Waals surface area contributed by atoms with Gasteiger partial charge in [0.1, 0.15) is 12.7 Å². The maximum Gasteiger partial charge on any atom is 0.472 e. The van der Waals surface area contributed by atoms with Crippen LogP contribution in [-0.2, 0) is 41.8 Å². The lowest BCUT2D eigenvalue weighted by Crippen LogP contribution is -2.30. The topological polar surface area (TPSA) is 216 Å². The molecule has 0 heterocycles. The second-order valence-electron chi connectivity index (χ2n) is 14.1. The van der Waals surface area contributed by atoms with Gasteiger partial charge in [-0.1, -0.05) is 126 Å². The molecular formula is C42H74O14P2. The highest BCUT2D eigenvalue weighted by atomic mass is 31.2. The van der Waals surface area contributed by atoms with E-state index in [1.165, 1.54) is 44.9 Å². The van der Waals surface area contributed by atoms with E-state index in [2.05, 4.69) is 41.1 Å². The Kier molecular flexibility index (Phi) is 36.3. The molecule has 0 aromatic carbocycles. The summed E-state index contributed by atoms with van der Waals surface area (Å²) < 4.78 is 47.6. The van der Waals surface area contributed by atoms with Gasteiger partial charge in [0.2, 0.25) is 0 Å². The molecule has 1 unspecified atom stereocenters. The highest BCUT2D eigenvalue weighted by molar-refractivity contribution is 7.47. The molecule has 58 heavy (non-hydrogen) atoms. The van der Waals surface area contributed by atoms with Crippen LogP contribution in [0, 0.1) is 0 Å².